The summed E-state index contributed by atoms with van der Waals surface area (Å²) in [5.41, 5.74) is 5.26. The molecule has 2 aromatic carbocycles. The van der Waals surface area contributed by atoms with E-state index in [1.807, 2.05) is 30.3 Å². The zero-order valence-corrected chi connectivity index (χ0v) is 20.1. The van der Waals surface area contributed by atoms with Crippen LogP contribution in [-0.2, 0) is 16.1 Å². The molecule has 2 aromatic heterocycles. The van der Waals surface area contributed by atoms with Gasteiger partial charge in [0, 0.05) is 37.8 Å². The first-order valence-corrected chi connectivity index (χ1v) is 11.5. The van der Waals surface area contributed by atoms with Gasteiger partial charge in [-0.2, -0.15) is 0 Å². The van der Waals surface area contributed by atoms with Crippen LogP contribution >= 0.6 is 0 Å². The van der Waals surface area contributed by atoms with E-state index in [0.717, 1.165) is 5.56 Å². The molecule has 11 nitrogen and oxygen atoms in total. The van der Waals surface area contributed by atoms with E-state index in [0.29, 0.717) is 29.7 Å². The lowest BCUT2D eigenvalue weighted by Gasteiger charge is -2.24. The molecule has 3 N–H and O–H groups in total. The Bertz CT molecular complexity index is 1570. The summed E-state index contributed by atoms with van der Waals surface area (Å²) < 4.78 is 17.1. The number of nitrogens with two attached hydrogens (primary N) is 1. The van der Waals surface area contributed by atoms with Crippen LogP contribution in [0, 0.1) is 0 Å². The number of H-pyrrole nitrogens is 1. The molecule has 0 atom stereocenters. The molecule has 37 heavy (non-hydrogen) atoms. The molecule has 11 heteroatoms. The number of hydrogen-bond donors (Lipinski definition) is 2. The summed E-state index contributed by atoms with van der Waals surface area (Å²) in [5, 5.41) is 0.694. The largest absolute Gasteiger partial charge is 0.484 e. The molecule has 0 unspecified atom stereocenters. The van der Waals surface area contributed by atoms with Gasteiger partial charge in [-0.1, -0.05) is 30.3 Å². The van der Waals surface area contributed by atoms with Crippen LogP contribution in [0.25, 0.3) is 11.0 Å². The van der Waals surface area contributed by atoms with Gasteiger partial charge in [0.15, 0.2) is 12.3 Å². The zero-order chi connectivity index (χ0) is 26.4. The topological polar surface area (TPSA) is 150 Å². The number of carbonyl (C=O) groups excluding carboxylic acids is 1. The quantitative estimate of drug-likeness (QED) is 0.244. The molecule has 0 radical (unpaired) electrons. The Morgan fingerprint density at radius 3 is 2.59 bits per heavy atom. The van der Waals surface area contributed by atoms with E-state index < -0.39 is 29.4 Å². The highest BCUT2D eigenvalue weighted by atomic mass is 16.5. The Kier molecular flexibility index (Phi) is 7.84. The van der Waals surface area contributed by atoms with E-state index in [4.69, 9.17) is 19.6 Å². The van der Waals surface area contributed by atoms with Crippen LogP contribution in [0.2, 0.25) is 0 Å². The lowest BCUT2D eigenvalue weighted by atomic mass is 10.2. The highest BCUT2D eigenvalue weighted by Crippen LogP contribution is 2.21. The molecule has 4 rings (SSSR count). The van der Waals surface area contributed by atoms with Crippen LogP contribution in [0.1, 0.15) is 12.0 Å². The van der Waals surface area contributed by atoms with Crippen molar-refractivity contribution >= 4 is 28.4 Å². The minimum Gasteiger partial charge on any atom is -0.484 e. The predicted octanol–water partition coefficient (Wildman–Crippen LogP) is 1.72. The normalized spacial score (nSPS) is 10.9. The minimum atomic E-state index is -0.787. The zero-order valence-electron chi connectivity index (χ0n) is 20.1. The standard InChI is InChI=1S/C26H26N4O7/c1-35-13-5-12-29(21(31)16-36-19-10-8-18-9-11-22(32)37-20(18)14-19)23-24(27)30(26(34)28-25(23)33)15-17-6-3-2-4-7-17/h2-4,6-11,14H,5,12-13,15-16,27H2,1H3,(H,28,33,34). The lowest BCUT2D eigenvalue weighted by molar-refractivity contribution is -0.120. The van der Waals surface area contributed by atoms with Gasteiger partial charge in [0.2, 0.25) is 0 Å². The third kappa shape index (κ3) is 5.96. The van der Waals surface area contributed by atoms with E-state index >= 15 is 0 Å². The highest BCUT2D eigenvalue weighted by molar-refractivity contribution is 5.96. The number of anilines is 2. The van der Waals surface area contributed by atoms with E-state index in [1.165, 1.54) is 28.7 Å². The maximum absolute atomic E-state index is 13.3. The second kappa shape index (κ2) is 11.4. The number of ether oxygens (including phenoxy) is 2. The van der Waals surface area contributed by atoms with Gasteiger partial charge in [0.05, 0.1) is 6.54 Å². The third-order valence-electron chi connectivity index (χ3n) is 5.66. The average molecular weight is 507 g/mol. The number of nitrogens with one attached hydrogen (secondary N) is 1. The molecule has 0 fully saturated rings. The lowest BCUT2D eigenvalue weighted by Crippen LogP contribution is -2.43. The van der Waals surface area contributed by atoms with Crippen LogP contribution in [0.3, 0.4) is 0 Å². The number of nitrogens with zero attached hydrogens (tertiary/aromatic N) is 2. The first-order valence-electron chi connectivity index (χ1n) is 11.5. The second-order valence-electron chi connectivity index (χ2n) is 8.20. The summed E-state index contributed by atoms with van der Waals surface area (Å²) in [4.78, 5) is 53.6. The van der Waals surface area contributed by atoms with Crippen molar-refractivity contribution in [1.82, 2.24) is 9.55 Å². The molecule has 4 aromatic rings. The van der Waals surface area contributed by atoms with Crippen LogP contribution in [0.4, 0.5) is 11.5 Å². The summed E-state index contributed by atoms with van der Waals surface area (Å²) in [7, 11) is 1.52. The van der Waals surface area contributed by atoms with Crippen LogP contribution in [-0.4, -0.2) is 42.3 Å². The van der Waals surface area contributed by atoms with Gasteiger partial charge < -0.3 is 24.5 Å². The number of methoxy groups -OCH3 is 1. The van der Waals surface area contributed by atoms with Gasteiger partial charge >= 0.3 is 11.3 Å². The molecule has 2 heterocycles. The number of nitrogen functional groups attached to an aromatic ring is 1. The fourth-order valence-electron chi connectivity index (χ4n) is 3.84. The van der Waals surface area contributed by atoms with Gasteiger partial charge in [-0.25, -0.2) is 9.59 Å². The molecule has 0 aliphatic rings. The Morgan fingerprint density at radius 1 is 1.08 bits per heavy atom. The van der Waals surface area contributed by atoms with Crippen LogP contribution in [0.15, 0.2) is 79.5 Å². The average Bonchev–Trinajstić information content (AvgIpc) is 2.89. The molecule has 0 saturated heterocycles. The smallest absolute Gasteiger partial charge is 0.336 e. The van der Waals surface area contributed by atoms with Crippen molar-refractivity contribution in [2.45, 2.75) is 13.0 Å². The van der Waals surface area contributed by atoms with Crippen molar-refractivity contribution in [1.29, 1.82) is 0 Å². The number of fused-ring (bicyclic) bond motifs is 1. The SMILES string of the molecule is COCCCN(C(=O)COc1ccc2ccc(=O)oc2c1)c1c(N)n(Cc2ccccc2)c(=O)[nH]c1=O. The van der Waals surface area contributed by atoms with Gasteiger partial charge in [0.1, 0.15) is 17.2 Å². The molecule has 0 saturated carbocycles. The number of hydrogen-bond acceptors (Lipinski definition) is 8. The van der Waals surface area contributed by atoms with Gasteiger partial charge in [-0.15, -0.1) is 0 Å². The molecule has 192 valence electrons. The fraction of sp³-hybridized carbons (Fsp3) is 0.231. The Labute approximate surface area is 210 Å². The summed E-state index contributed by atoms with van der Waals surface area (Å²) in [6.07, 6.45) is 0.403. The third-order valence-corrected chi connectivity index (χ3v) is 5.66. The number of aromatic amines is 1. The number of rotatable bonds is 10. The van der Waals surface area contributed by atoms with Crippen molar-refractivity contribution in [3.8, 4) is 5.75 Å². The Morgan fingerprint density at radius 2 is 1.84 bits per heavy atom. The number of aromatic nitrogens is 2. The Balaban J connectivity index is 1.63. The predicted molar refractivity (Wildman–Crippen MR) is 138 cm³/mol. The molecule has 0 aliphatic carbocycles. The molecule has 1 amide bonds. The number of benzene rings is 2. The first kappa shape index (κ1) is 25.5. The molecule has 0 aliphatic heterocycles. The van der Waals surface area contributed by atoms with E-state index in [-0.39, 0.29) is 24.6 Å². The number of carbonyl (C=O) groups is 1. The van der Waals surface area contributed by atoms with Crippen molar-refractivity contribution < 1.29 is 18.7 Å². The van der Waals surface area contributed by atoms with Crippen molar-refractivity contribution in [3.63, 3.8) is 0 Å². The van der Waals surface area contributed by atoms with E-state index in [2.05, 4.69) is 4.98 Å². The molecule has 0 bridgehead atoms. The van der Waals surface area contributed by atoms with Gasteiger partial charge in [-0.3, -0.25) is 19.1 Å². The molecular formula is C26H26N4O7. The molecule has 0 spiro atoms. The monoisotopic (exact) mass is 506 g/mol. The summed E-state index contributed by atoms with van der Waals surface area (Å²) in [6, 6.07) is 16.9. The second-order valence-corrected chi connectivity index (χ2v) is 8.20. The van der Waals surface area contributed by atoms with E-state index in [9.17, 15) is 19.2 Å². The Hall–Kier alpha value is -4.64. The summed E-state index contributed by atoms with van der Waals surface area (Å²) in [6.45, 7) is 0.0929. The van der Waals surface area contributed by atoms with Crippen molar-refractivity contribution in [3.05, 3.63) is 97.5 Å². The highest BCUT2D eigenvalue weighted by Gasteiger charge is 2.24. The fourth-order valence-corrected chi connectivity index (χ4v) is 3.84. The van der Waals surface area contributed by atoms with Crippen molar-refractivity contribution in [2.24, 2.45) is 0 Å². The van der Waals surface area contributed by atoms with Gasteiger partial charge in [-0.05, 0) is 30.2 Å². The molecular weight excluding hydrogens is 480 g/mol. The minimum absolute atomic E-state index is 0.0967. The summed E-state index contributed by atoms with van der Waals surface area (Å²) in [5.74, 6) is -0.411. The summed E-state index contributed by atoms with van der Waals surface area (Å²) >= 11 is 0. The maximum Gasteiger partial charge on any atom is 0.336 e. The van der Waals surface area contributed by atoms with E-state index in [1.54, 1.807) is 18.2 Å². The maximum atomic E-state index is 13.3. The van der Waals surface area contributed by atoms with Crippen molar-refractivity contribution in [2.75, 3.05) is 37.5 Å². The first-order chi connectivity index (χ1) is 17.9. The van der Waals surface area contributed by atoms with Crippen LogP contribution < -0.4 is 32.2 Å². The van der Waals surface area contributed by atoms with Gasteiger partial charge in [0.25, 0.3) is 11.5 Å². The number of amides is 1. The van der Waals surface area contributed by atoms with Crippen LogP contribution in [0.5, 0.6) is 5.75 Å².